The predicted octanol–water partition coefficient (Wildman–Crippen LogP) is 3.25. The number of nitrogens with zero attached hydrogens (tertiary/aromatic N) is 2. The van der Waals surface area contributed by atoms with Crippen molar-refractivity contribution in [1.29, 1.82) is 0 Å². The number of carbonyl (C=O) groups is 2. The number of piperidine rings is 1. The molecule has 0 saturated carbocycles. The zero-order chi connectivity index (χ0) is 23.4. The lowest BCUT2D eigenvalue weighted by atomic mass is 9.97. The van der Waals surface area contributed by atoms with Crippen LogP contribution in [0.15, 0.2) is 53.4 Å². The summed E-state index contributed by atoms with van der Waals surface area (Å²) in [4.78, 5) is 26.4. The molecular formula is C24H29N3O5S. The second-order valence-corrected chi connectivity index (χ2v) is 10.2. The molecule has 2 amide bonds. The van der Waals surface area contributed by atoms with E-state index in [1.54, 1.807) is 53.4 Å². The third kappa shape index (κ3) is 5.20. The van der Waals surface area contributed by atoms with Crippen LogP contribution in [-0.4, -0.2) is 50.8 Å². The largest absolute Gasteiger partial charge is 0.494 e. The molecule has 1 N–H and O–H groups in total. The maximum Gasteiger partial charge on any atom is 0.243 e. The van der Waals surface area contributed by atoms with Crippen molar-refractivity contribution >= 4 is 33.2 Å². The number of hydrogen-bond acceptors (Lipinski definition) is 5. The molecule has 2 saturated heterocycles. The summed E-state index contributed by atoms with van der Waals surface area (Å²) in [7, 11) is -3.65. The van der Waals surface area contributed by atoms with E-state index in [-0.39, 0.29) is 35.7 Å². The van der Waals surface area contributed by atoms with Crippen LogP contribution in [0.5, 0.6) is 5.75 Å². The fourth-order valence-corrected chi connectivity index (χ4v) is 5.74. The molecule has 2 aliphatic heterocycles. The third-order valence-electron chi connectivity index (χ3n) is 6.12. The van der Waals surface area contributed by atoms with Gasteiger partial charge in [0.1, 0.15) is 5.75 Å². The molecule has 176 valence electrons. The molecule has 0 atom stereocenters. The first-order valence-corrected chi connectivity index (χ1v) is 12.8. The van der Waals surface area contributed by atoms with Gasteiger partial charge in [-0.1, -0.05) is 0 Å². The Balaban J connectivity index is 1.33. The van der Waals surface area contributed by atoms with Gasteiger partial charge < -0.3 is 15.0 Å². The fourth-order valence-electron chi connectivity index (χ4n) is 4.27. The van der Waals surface area contributed by atoms with Gasteiger partial charge in [-0.2, -0.15) is 4.31 Å². The highest BCUT2D eigenvalue weighted by Gasteiger charge is 2.32. The zero-order valence-electron chi connectivity index (χ0n) is 18.7. The summed E-state index contributed by atoms with van der Waals surface area (Å²) in [6.07, 6.45) is 2.27. The molecule has 2 heterocycles. The van der Waals surface area contributed by atoms with E-state index in [1.165, 1.54) is 4.31 Å². The molecule has 0 aromatic heterocycles. The molecule has 0 radical (unpaired) electrons. The summed E-state index contributed by atoms with van der Waals surface area (Å²) < 4.78 is 33.0. The Morgan fingerprint density at radius 2 is 1.70 bits per heavy atom. The topological polar surface area (TPSA) is 96.0 Å². The van der Waals surface area contributed by atoms with Crippen molar-refractivity contribution in [2.24, 2.45) is 5.92 Å². The highest BCUT2D eigenvalue weighted by molar-refractivity contribution is 7.89. The summed E-state index contributed by atoms with van der Waals surface area (Å²) in [5.74, 6) is 0.465. The van der Waals surface area contributed by atoms with Crippen LogP contribution in [0, 0.1) is 5.92 Å². The van der Waals surface area contributed by atoms with Crippen molar-refractivity contribution in [3.05, 3.63) is 48.5 Å². The van der Waals surface area contributed by atoms with E-state index in [2.05, 4.69) is 5.32 Å². The Morgan fingerprint density at radius 3 is 2.27 bits per heavy atom. The van der Waals surface area contributed by atoms with Gasteiger partial charge >= 0.3 is 0 Å². The van der Waals surface area contributed by atoms with Crippen molar-refractivity contribution < 1.29 is 22.7 Å². The quantitative estimate of drug-likeness (QED) is 0.669. The SMILES string of the molecule is CCOc1ccc(NC(=O)C2CCN(S(=O)(=O)c3ccc(N4CCCC4=O)cc3)CC2)cc1. The van der Waals surface area contributed by atoms with Crippen LogP contribution in [0.3, 0.4) is 0 Å². The third-order valence-corrected chi connectivity index (χ3v) is 8.03. The number of sulfonamides is 1. The monoisotopic (exact) mass is 471 g/mol. The molecule has 0 unspecified atom stereocenters. The van der Waals surface area contributed by atoms with Crippen molar-refractivity contribution in [3.63, 3.8) is 0 Å². The van der Waals surface area contributed by atoms with Crippen molar-refractivity contribution in [2.45, 2.75) is 37.5 Å². The van der Waals surface area contributed by atoms with E-state index in [4.69, 9.17) is 4.74 Å². The minimum atomic E-state index is -3.65. The summed E-state index contributed by atoms with van der Waals surface area (Å²) in [6, 6.07) is 13.7. The molecule has 2 fully saturated rings. The molecule has 9 heteroatoms. The lowest BCUT2D eigenvalue weighted by Gasteiger charge is -2.30. The Labute approximate surface area is 194 Å². The number of benzene rings is 2. The number of ether oxygens (including phenoxy) is 1. The van der Waals surface area contributed by atoms with Gasteiger partial charge in [0.25, 0.3) is 0 Å². The molecule has 0 aliphatic carbocycles. The Hall–Kier alpha value is -2.91. The first-order chi connectivity index (χ1) is 15.9. The Bertz CT molecular complexity index is 1090. The molecule has 2 aromatic rings. The zero-order valence-corrected chi connectivity index (χ0v) is 19.5. The van der Waals surface area contributed by atoms with Gasteiger partial charge in [-0.25, -0.2) is 8.42 Å². The number of carbonyl (C=O) groups excluding carboxylic acids is 2. The number of hydrogen-bond donors (Lipinski definition) is 1. The Kier molecular flexibility index (Phi) is 6.99. The van der Waals surface area contributed by atoms with E-state index in [1.807, 2.05) is 6.92 Å². The summed E-state index contributed by atoms with van der Waals surface area (Å²) in [5, 5.41) is 2.91. The Morgan fingerprint density at radius 1 is 1.03 bits per heavy atom. The molecule has 33 heavy (non-hydrogen) atoms. The van der Waals surface area contributed by atoms with E-state index in [0.717, 1.165) is 17.9 Å². The average Bonchev–Trinajstić information content (AvgIpc) is 3.26. The summed E-state index contributed by atoms with van der Waals surface area (Å²) in [5.41, 5.74) is 1.41. The second-order valence-electron chi connectivity index (χ2n) is 8.27. The first-order valence-electron chi connectivity index (χ1n) is 11.3. The maximum atomic E-state index is 13.1. The van der Waals surface area contributed by atoms with Crippen LogP contribution in [0.2, 0.25) is 0 Å². The lowest BCUT2D eigenvalue weighted by Crippen LogP contribution is -2.41. The van der Waals surface area contributed by atoms with E-state index < -0.39 is 10.0 Å². The number of amides is 2. The van der Waals surface area contributed by atoms with Gasteiger partial charge in [-0.05, 0) is 74.7 Å². The van der Waals surface area contributed by atoms with Crippen LogP contribution in [0.4, 0.5) is 11.4 Å². The second kappa shape index (κ2) is 9.93. The summed E-state index contributed by atoms with van der Waals surface area (Å²) in [6.45, 7) is 3.73. The summed E-state index contributed by atoms with van der Waals surface area (Å²) >= 11 is 0. The number of rotatable bonds is 7. The molecule has 0 bridgehead atoms. The molecular weight excluding hydrogens is 442 g/mol. The van der Waals surface area contributed by atoms with Crippen molar-refractivity contribution in [2.75, 3.05) is 36.5 Å². The smallest absolute Gasteiger partial charge is 0.243 e. The van der Waals surface area contributed by atoms with E-state index in [9.17, 15) is 18.0 Å². The predicted molar refractivity (Wildman–Crippen MR) is 126 cm³/mol. The van der Waals surface area contributed by atoms with E-state index in [0.29, 0.717) is 38.1 Å². The van der Waals surface area contributed by atoms with Gasteiger partial charge in [-0.3, -0.25) is 9.59 Å². The van der Waals surface area contributed by atoms with Crippen LogP contribution in [0.25, 0.3) is 0 Å². The molecule has 8 nitrogen and oxygen atoms in total. The fraction of sp³-hybridized carbons (Fsp3) is 0.417. The number of nitrogens with one attached hydrogen (secondary N) is 1. The minimum Gasteiger partial charge on any atom is -0.494 e. The normalized spacial score (nSPS) is 17.8. The van der Waals surface area contributed by atoms with Gasteiger partial charge in [0.15, 0.2) is 0 Å². The van der Waals surface area contributed by atoms with Gasteiger partial charge in [0.05, 0.1) is 11.5 Å². The molecule has 2 aromatic carbocycles. The van der Waals surface area contributed by atoms with Crippen LogP contribution in [-0.2, 0) is 19.6 Å². The lowest BCUT2D eigenvalue weighted by molar-refractivity contribution is -0.121. The highest BCUT2D eigenvalue weighted by Crippen LogP contribution is 2.28. The molecule has 4 rings (SSSR count). The van der Waals surface area contributed by atoms with Gasteiger partial charge in [0, 0.05) is 43.3 Å². The molecule has 0 spiro atoms. The van der Waals surface area contributed by atoms with E-state index >= 15 is 0 Å². The van der Waals surface area contributed by atoms with Crippen molar-refractivity contribution in [3.8, 4) is 5.75 Å². The maximum absolute atomic E-state index is 13.1. The van der Waals surface area contributed by atoms with Gasteiger partial charge in [0.2, 0.25) is 21.8 Å². The number of anilines is 2. The first kappa shape index (κ1) is 23.3. The highest BCUT2D eigenvalue weighted by atomic mass is 32.2. The average molecular weight is 472 g/mol. The molecule has 2 aliphatic rings. The van der Waals surface area contributed by atoms with Crippen molar-refractivity contribution in [1.82, 2.24) is 4.31 Å². The van der Waals surface area contributed by atoms with Crippen LogP contribution >= 0.6 is 0 Å². The van der Waals surface area contributed by atoms with Gasteiger partial charge in [-0.15, -0.1) is 0 Å². The minimum absolute atomic E-state index is 0.0659. The van der Waals surface area contributed by atoms with Crippen LogP contribution in [0.1, 0.15) is 32.6 Å². The van der Waals surface area contributed by atoms with Crippen LogP contribution < -0.4 is 15.0 Å². The standard InChI is InChI=1S/C24H29N3O5S/c1-2-32-21-9-5-19(6-10-21)25-24(29)18-13-16-26(17-14-18)33(30,31)22-11-7-20(8-12-22)27-15-3-4-23(27)28/h5-12,18H,2-4,13-17H2,1H3,(H,25,29).